The fourth-order valence-electron chi connectivity index (χ4n) is 1.55. The summed E-state index contributed by atoms with van der Waals surface area (Å²) in [5, 5.41) is 3.13. The number of methoxy groups -OCH3 is 1. The average Bonchev–Trinajstić information content (AvgIpc) is 2.29. The number of nitrogens with one attached hydrogen (secondary N) is 1. The average molecular weight is 237 g/mol. The van der Waals surface area contributed by atoms with Crippen LogP contribution in [0.5, 0.6) is 11.5 Å². The third-order valence-electron chi connectivity index (χ3n) is 2.56. The minimum atomic E-state index is 0.654. The predicted molar refractivity (Wildman–Crippen MR) is 70.7 cm³/mol. The maximum Gasteiger partial charge on any atom is 0.161 e. The molecule has 0 fully saturated rings. The highest BCUT2D eigenvalue weighted by Crippen LogP contribution is 2.28. The van der Waals surface area contributed by atoms with Crippen LogP contribution >= 0.6 is 0 Å². The maximum atomic E-state index is 5.77. The van der Waals surface area contributed by atoms with E-state index in [0.29, 0.717) is 5.92 Å². The van der Waals surface area contributed by atoms with Crippen molar-refractivity contribution >= 4 is 0 Å². The number of benzene rings is 1. The summed E-state index contributed by atoms with van der Waals surface area (Å²) < 4.78 is 11.1. The van der Waals surface area contributed by atoms with E-state index in [1.807, 2.05) is 25.2 Å². The van der Waals surface area contributed by atoms with Gasteiger partial charge < -0.3 is 14.8 Å². The lowest BCUT2D eigenvalue weighted by Gasteiger charge is -2.13. The van der Waals surface area contributed by atoms with E-state index >= 15 is 0 Å². The van der Waals surface area contributed by atoms with Crippen molar-refractivity contribution in [3.63, 3.8) is 0 Å². The summed E-state index contributed by atoms with van der Waals surface area (Å²) >= 11 is 0. The normalized spacial score (nSPS) is 10.6. The molecular weight excluding hydrogens is 214 g/mol. The first-order valence-corrected chi connectivity index (χ1v) is 6.11. The lowest BCUT2D eigenvalue weighted by atomic mass is 10.1. The van der Waals surface area contributed by atoms with Crippen molar-refractivity contribution in [1.82, 2.24) is 5.32 Å². The van der Waals surface area contributed by atoms with Gasteiger partial charge in [-0.2, -0.15) is 0 Å². The zero-order valence-electron chi connectivity index (χ0n) is 11.2. The zero-order chi connectivity index (χ0) is 12.7. The summed E-state index contributed by atoms with van der Waals surface area (Å²) in [5.74, 6) is 2.29. The van der Waals surface area contributed by atoms with Gasteiger partial charge in [-0.1, -0.05) is 19.9 Å². The summed E-state index contributed by atoms with van der Waals surface area (Å²) in [4.78, 5) is 0. The summed E-state index contributed by atoms with van der Waals surface area (Å²) in [6.45, 7) is 5.96. The molecule has 0 bridgehead atoms. The van der Waals surface area contributed by atoms with Gasteiger partial charge in [0.1, 0.15) is 0 Å². The van der Waals surface area contributed by atoms with Gasteiger partial charge in [-0.15, -0.1) is 0 Å². The van der Waals surface area contributed by atoms with E-state index in [2.05, 4.69) is 19.2 Å². The van der Waals surface area contributed by atoms with Crippen LogP contribution in [0.2, 0.25) is 0 Å². The number of hydrogen-bond donors (Lipinski definition) is 1. The van der Waals surface area contributed by atoms with E-state index in [1.54, 1.807) is 7.11 Å². The number of rotatable bonds is 7. The number of hydrogen-bond acceptors (Lipinski definition) is 3. The Hall–Kier alpha value is -1.22. The first-order chi connectivity index (χ1) is 8.17. The van der Waals surface area contributed by atoms with Crippen molar-refractivity contribution in [2.75, 3.05) is 20.8 Å². The predicted octanol–water partition coefficient (Wildman–Crippen LogP) is 2.84. The van der Waals surface area contributed by atoms with E-state index in [-0.39, 0.29) is 0 Å². The lowest BCUT2D eigenvalue weighted by Crippen LogP contribution is -2.07. The van der Waals surface area contributed by atoms with Crippen LogP contribution in [-0.4, -0.2) is 20.8 Å². The molecule has 0 aliphatic rings. The van der Waals surface area contributed by atoms with E-state index in [0.717, 1.165) is 31.1 Å². The Bertz CT molecular complexity index is 337. The highest BCUT2D eigenvalue weighted by molar-refractivity contribution is 5.42. The second-order valence-electron chi connectivity index (χ2n) is 4.55. The topological polar surface area (TPSA) is 30.5 Å². The van der Waals surface area contributed by atoms with Crippen LogP contribution in [0.3, 0.4) is 0 Å². The van der Waals surface area contributed by atoms with Gasteiger partial charge in [-0.3, -0.25) is 0 Å². The molecule has 1 N–H and O–H groups in total. The molecule has 1 rings (SSSR count). The Morgan fingerprint density at radius 2 is 2.00 bits per heavy atom. The summed E-state index contributed by atoms with van der Waals surface area (Å²) in [6.07, 6.45) is 1.05. The standard InChI is InChI=1S/C14H23NO2/c1-11(2)7-8-17-14-9-12(10-15-3)5-6-13(14)16-4/h5-6,9,11,15H,7-8,10H2,1-4H3. The van der Waals surface area contributed by atoms with Crippen LogP contribution in [0.1, 0.15) is 25.8 Å². The van der Waals surface area contributed by atoms with Gasteiger partial charge in [-0.05, 0) is 37.1 Å². The molecule has 3 nitrogen and oxygen atoms in total. The smallest absolute Gasteiger partial charge is 0.161 e. The van der Waals surface area contributed by atoms with Crippen LogP contribution in [0.15, 0.2) is 18.2 Å². The molecule has 0 amide bonds. The van der Waals surface area contributed by atoms with Crippen LogP contribution in [0.4, 0.5) is 0 Å². The Morgan fingerprint density at radius 3 is 2.59 bits per heavy atom. The highest BCUT2D eigenvalue weighted by atomic mass is 16.5. The van der Waals surface area contributed by atoms with Crippen molar-refractivity contribution in [1.29, 1.82) is 0 Å². The first-order valence-electron chi connectivity index (χ1n) is 6.11. The Balaban J connectivity index is 2.68. The molecule has 0 spiro atoms. The highest BCUT2D eigenvalue weighted by Gasteiger charge is 2.06. The van der Waals surface area contributed by atoms with E-state index in [9.17, 15) is 0 Å². The van der Waals surface area contributed by atoms with E-state index < -0.39 is 0 Å². The molecule has 1 aromatic carbocycles. The van der Waals surface area contributed by atoms with Gasteiger partial charge in [0.05, 0.1) is 13.7 Å². The molecule has 17 heavy (non-hydrogen) atoms. The third kappa shape index (κ3) is 4.65. The lowest BCUT2D eigenvalue weighted by molar-refractivity contribution is 0.272. The van der Waals surface area contributed by atoms with Gasteiger partial charge in [0.25, 0.3) is 0 Å². The Kier molecular flexibility index (Phi) is 5.84. The third-order valence-corrected chi connectivity index (χ3v) is 2.56. The molecule has 0 saturated heterocycles. The molecule has 0 heterocycles. The molecule has 0 radical (unpaired) electrons. The largest absolute Gasteiger partial charge is 0.493 e. The molecule has 0 atom stereocenters. The number of ether oxygens (including phenoxy) is 2. The van der Waals surface area contributed by atoms with Crippen molar-refractivity contribution in [3.8, 4) is 11.5 Å². The fourth-order valence-corrected chi connectivity index (χ4v) is 1.55. The van der Waals surface area contributed by atoms with Gasteiger partial charge in [0, 0.05) is 6.54 Å². The minimum Gasteiger partial charge on any atom is -0.493 e. The van der Waals surface area contributed by atoms with Gasteiger partial charge >= 0.3 is 0 Å². The first kappa shape index (κ1) is 13.8. The van der Waals surface area contributed by atoms with Crippen LogP contribution in [0.25, 0.3) is 0 Å². The van der Waals surface area contributed by atoms with Gasteiger partial charge in [0.2, 0.25) is 0 Å². The van der Waals surface area contributed by atoms with E-state index in [1.165, 1.54) is 5.56 Å². The van der Waals surface area contributed by atoms with Crippen molar-refractivity contribution < 1.29 is 9.47 Å². The Labute approximate surface area is 104 Å². The van der Waals surface area contributed by atoms with Crippen LogP contribution in [0, 0.1) is 5.92 Å². The SMILES string of the molecule is CNCc1ccc(OC)c(OCCC(C)C)c1. The molecule has 0 aliphatic heterocycles. The second kappa shape index (κ2) is 7.17. The zero-order valence-corrected chi connectivity index (χ0v) is 11.2. The van der Waals surface area contributed by atoms with Crippen molar-refractivity contribution in [2.24, 2.45) is 5.92 Å². The monoisotopic (exact) mass is 237 g/mol. The summed E-state index contributed by atoms with van der Waals surface area (Å²) in [7, 11) is 3.60. The molecule has 0 aliphatic carbocycles. The molecule has 0 unspecified atom stereocenters. The molecule has 1 aromatic rings. The van der Waals surface area contributed by atoms with Gasteiger partial charge in [0.15, 0.2) is 11.5 Å². The van der Waals surface area contributed by atoms with Crippen LogP contribution in [-0.2, 0) is 6.54 Å². The van der Waals surface area contributed by atoms with Crippen molar-refractivity contribution in [2.45, 2.75) is 26.8 Å². The fraction of sp³-hybridized carbons (Fsp3) is 0.571. The summed E-state index contributed by atoms with van der Waals surface area (Å²) in [5.41, 5.74) is 1.20. The molecule has 0 saturated carbocycles. The van der Waals surface area contributed by atoms with Gasteiger partial charge in [-0.25, -0.2) is 0 Å². The quantitative estimate of drug-likeness (QED) is 0.791. The maximum absolute atomic E-state index is 5.77. The second-order valence-corrected chi connectivity index (χ2v) is 4.55. The molecule has 96 valence electrons. The molecule has 3 heteroatoms. The summed E-state index contributed by atoms with van der Waals surface area (Å²) in [6, 6.07) is 6.04. The van der Waals surface area contributed by atoms with E-state index in [4.69, 9.17) is 9.47 Å². The minimum absolute atomic E-state index is 0.654. The Morgan fingerprint density at radius 1 is 1.24 bits per heavy atom. The molecule has 0 aromatic heterocycles. The molecular formula is C14H23NO2. The van der Waals surface area contributed by atoms with Crippen LogP contribution < -0.4 is 14.8 Å². The van der Waals surface area contributed by atoms with Crippen molar-refractivity contribution in [3.05, 3.63) is 23.8 Å².